The summed E-state index contributed by atoms with van der Waals surface area (Å²) in [7, 11) is -4.01. The zero-order valence-electron chi connectivity index (χ0n) is 11.8. The minimum atomic E-state index is -4.01. The highest BCUT2D eigenvalue weighted by Gasteiger charge is 2.22. The molecule has 0 radical (unpaired) electrons. The molecule has 22 heavy (non-hydrogen) atoms. The number of sulfonamides is 1. The average molecular weight is 327 g/mol. The third-order valence-corrected chi connectivity index (χ3v) is 4.54. The van der Waals surface area contributed by atoms with Gasteiger partial charge >= 0.3 is 5.97 Å². The van der Waals surface area contributed by atoms with Crippen molar-refractivity contribution in [1.82, 2.24) is 4.72 Å². The molecule has 1 unspecified atom stereocenters. The lowest BCUT2D eigenvalue weighted by Crippen LogP contribution is -2.27. The third-order valence-electron chi connectivity index (χ3n) is 3.00. The summed E-state index contributed by atoms with van der Waals surface area (Å²) in [6.07, 6.45) is 0. The zero-order chi connectivity index (χ0) is 16.5. The molecule has 0 aliphatic rings. The van der Waals surface area contributed by atoms with Gasteiger partial charge in [-0.1, -0.05) is 0 Å². The number of halogens is 1. The Morgan fingerprint density at radius 2 is 2.00 bits per heavy atom. The summed E-state index contributed by atoms with van der Waals surface area (Å²) in [6.45, 7) is 3.31. The van der Waals surface area contributed by atoms with Crippen molar-refractivity contribution in [2.24, 2.45) is 0 Å². The highest BCUT2D eigenvalue weighted by atomic mass is 32.2. The summed E-state index contributed by atoms with van der Waals surface area (Å²) in [6, 6.07) is 5.26. The maximum absolute atomic E-state index is 13.3. The smallest absolute Gasteiger partial charge is 0.338 e. The Bertz CT molecular complexity index is 812. The molecule has 2 aromatic rings. The Morgan fingerprint density at radius 3 is 2.55 bits per heavy atom. The van der Waals surface area contributed by atoms with Crippen LogP contribution in [0, 0.1) is 12.7 Å². The molecule has 0 aliphatic carbocycles. The number of hydrogen-bond donors (Lipinski definition) is 2. The fourth-order valence-electron chi connectivity index (χ4n) is 1.88. The molecule has 2 N–H and O–H groups in total. The molecule has 0 saturated heterocycles. The molecule has 0 saturated carbocycles. The number of benzene rings is 1. The molecule has 1 heterocycles. The predicted octanol–water partition coefficient (Wildman–Crippen LogP) is 2.46. The van der Waals surface area contributed by atoms with E-state index in [4.69, 9.17) is 9.52 Å². The summed E-state index contributed by atoms with van der Waals surface area (Å²) < 4.78 is 45.5. The molecule has 118 valence electrons. The van der Waals surface area contributed by atoms with Gasteiger partial charge in [0.05, 0.1) is 16.5 Å². The van der Waals surface area contributed by atoms with Gasteiger partial charge in [0, 0.05) is 0 Å². The second kappa shape index (κ2) is 5.90. The number of carboxylic acid groups (broad SMARTS) is 1. The number of carbonyl (C=O) groups is 1. The first kappa shape index (κ1) is 16.2. The fraction of sp³-hybridized carbons (Fsp3) is 0.214. The van der Waals surface area contributed by atoms with Crippen LogP contribution in [0.2, 0.25) is 0 Å². The van der Waals surface area contributed by atoms with Crippen molar-refractivity contribution >= 4 is 16.0 Å². The summed E-state index contributed by atoms with van der Waals surface area (Å²) >= 11 is 0. The Kier molecular flexibility index (Phi) is 4.34. The fourth-order valence-corrected chi connectivity index (χ4v) is 3.12. The normalized spacial score (nSPS) is 13.0. The van der Waals surface area contributed by atoms with Gasteiger partial charge in [-0.2, -0.15) is 0 Å². The van der Waals surface area contributed by atoms with Crippen LogP contribution >= 0.6 is 0 Å². The Balaban J connectivity index is 2.31. The molecule has 1 aromatic heterocycles. The van der Waals surface area contributed by atoms with E-state index >= 15 is 0 Å². The standard InChI is InChI=1S/C14H14FNO5S/c1-8-3-6-13(21-8)9(2)16-22(19,20)10-4-5-12(15)11(7-10)14(17)18/h3-7,9,16H,1-2H3,(H,17,18). The molecular formula is C14H14FNO5S. The Labute approximate surface area is 126 Å². The van der Waals surface area contributed by atoms with Crippen LogP contribution in [0.25, 0.3) is 0 Å². The van der Waals surface area contributed by atoms with Crippen LogP contribution in [-0.4, -0.2) is 19.5 Å². The molecule has 0 fully saturated rings. The van der Waals surface area contributed by atoms with Crippen molar-refractivity contribution in [3.63, 3.8) is 0 Å². The first-order valence-electron chi connectivity index (χ1n) is 6.32. The lowest BCUT2D eigenvalue weighted by atomic mass is 10.2. The number of furan rings is 1. The van der Waals surface area contributed by atoms with Gasteiger partial charge in [-0.15, -0.1) is 0 Å². The quantitative estimate of drug-likeness (QED) is 0.879. The zero-order valence-corrected chi connectivity index (χ0v) is 12.6. The van der Waals surface area contributed by atoms with Gasteiger partial charge in [-0.05, 0) is 44.2 Å². The van der Waals surface area contributed by atoms with Crippen molar-refractivity contribution in [1.29, 1.82) is 0 Å². The van der Waals surface area contributed by atoms with Gasteiger partial charge in [-0.25, -0.2) is 22.3 Å². The van der Waals surface area contributed by atoms with Gasteiger partial charge in [0.2, 0.25) is 10.0 Å². The monoisotopic (exact) mass is 327 g/mol. The lowest BCUT2D eigenvalue weighted by Gasteiger charge is -2.12. The van der Waals surface area contributed by atoms with Gasteiger partial charge < -0.3 is 9.52 Å². The van der Waals surface area contributed by atoms with Crippen LogP contribution in [-0.2, 0) is 10.0 Å². The van der Waals surface area contributed by atoms with Gasteiger partial charge in [0.1, 0.15) is 17.3 Å². The first-order chi connectivity index (χ1) is 10.2. The van der Waals surface area contributed by atoms with Gasteiger partial charge in [-0.3, -0.25) is 0 Å². The van der Waals surface area contributed by atoms with Gasteiger partial charge in [0.25, 0.3) is 0 Å². The van der Waals surface area contributed by atoms with E-state index in [1.807, 2.05) is 0 Å². The molecule has 0 amide bonds. The van der Waals surface area contributed by atoms with Gasteiger partial charge in [0.15, 0.2) is 0 Å². The second-order valence-corrected chi connectivity index (χ2v) is 6.45. The van der Waals surface area contributed by atoms with E-state index < -0.39 is 33.4 Å². The largest absolute Gasteiger partial charge is 0.478 e. The SMILES string of the molecule is Cc1ccc(C(C)NS(=O)(=O)c2ccc(F)c(C(=O)O)c2)o1. The Morgan fingerprint density at radius 1 is 1.32 bits per heavy atom. The molecular weight excluding hydrogens is 313 g/mol. The lowest BCUT2D eigenvalue weighted by molar-refractivity contribution is 0.0691. The Hall–Kier alpha value is -2.19. The van der Waals surface area contributed by atoms with Crippen molar-refractivity contribution in [2.75, 3.05) is 0 Å². The average Bonchev–Trinajstić information content (AvgIpc) is 2.85. The van der Waals surface area contributed by atoms with E-state index in [1.165, 1.54) is 0 Å². The van der Waals surface area contributed by atoms with Crippen molar-refractivity contribution < 1.29 is 27.1 Å². The number of aromatic carboxylic acids is 1. The van der Waals surface area contributed by atoms with Crippen molar-refractivity contribution in [3.8, 4) is 0 Å². The first-order valence-corrected chi connectivity index (χ1v) is 7.80. The number of hydrogen-bond acceptors (Lipinski definition) is 4. The van der Waals surface area contributed by atoms with E-state index in [0.29, 0.717) is 11.5 Å². The summed E-state index contributed by atoms with van der Waals surface area (Å²) in [4.78, 5) is 10.5. The second-order valence-electron chi connectivity index (χ2n) is 4.74. The molecule has 0 spiro atoms. The van der Waals surface area contributed by atoms with E-state index in [2.05, 4.69) is 4.72 Å². The molecule has 8 heteroatoms. The van der Waals surface area contributed by atoms with Crippen LogP contribution in [0.3, 0.4) is 0 Å². The van der Waals surface area contributed by atoms with Crippen LogP contribution in [0.4, 0.5) is 4.39 Å². The van der Waals surface area contributed by atoms with Crippen LogP contribution in [0.5, 0.6) is 0 Å². The summed E-state index contributed by atoms with van der Waals surface area (Å²) in [5, 5.41) is 8.85. The van der Waals surface area contributed by atoms with Crippen LogP contribution < -0.4 is 4.72 Å². The summed E-state index contributed by atoms with van der Waals surface area (Å²) in [5.74, 6) is -1.48. The van der Waals surface area contributed by atoms with E-state index in [1.54, 1.807) is 26.0 Å². The summed E-state index contributed by atoms with van der Waals surface area (Å²) in [5.41, 5.74) is -0.704. The van der Waals surface area contributed by atoms with Crippen molar-refractivity contribution in [2.45, 2.75) is 24.8 Å². The molecule has 0 bridgehead atoms. The number of aryl methyl sites for hydroxylation is 1. The molecule has 6 nitrogen and oxygen atoms in total. The minimum Gasteiger partial charge on any atom is -0.478 e. The highest BCUT2D eigenvalue weighted by Crippen LogP contribution is 2.20. The maximum atomic E-state index is 13.3. The molecule has 2 rings (SSSR count). The molecule has 1 aromatic carbocycles. The highest BCUT2D eigenvalue weighted by molar-refractivity contribution is 7.89. The molecule has 0 aliphatic heterocycles. The van der Waals surface area contributed by atoms with E-state index in [0.717, 1.165) is 18.2 Å². The topological polar surface area (TPSA) is 96.6 Å². The van der Waals surface area contributed by atoms with Crippen molar-refractivity contribution in [3.05, 3.63) is 53.2 Å². The van der Waals surface area contributed by atoms with E-state index in [-0.39, 0.29) is 4.90 Å². The third kappa shape index (κ3) is 3.34. The molecule has 1 atom stereocenters. The predicted molar refractivity (Wildman–Crippen MR) is 75.5 cm³/mol. The van der Waals surface area contributed by atoms with Crippen LogP contribution in [0.1, 0.15) is 34.8 Å². The maximum Gasteiger partial charge on any atom is 0.338 e. The van der Waals surface area contributed by atoms with Crippen LogP contribution in [0.15, 0.2) is 39.6 Å². The number of carboxylic acids is 1. The minimum absolute atomic E-state index is 0.332. The number of rotatable bonds is 5. The number of nitrogens with one attached hydrogen (secondary N) is 1. The van der Waals surface area contributed by atoms with E-state index in [9.17, 15) is 17.6 Å².